The highest BCUT2D eigenvalue weighted by molar-refractivity contribution is 5.30. The second-order valence-corrected chi connectivity index (χ2v) is 5.87. The molecule has 1 unspecified atom stereocenters. The van der Waals surface area contributed by atoms with Crippen LogP contribution in [0.5, 0.6) is 5.75 Å². The highest BCUT2D eigenvalue weighted by Crippen LogP contribution is 2.22. The molecule has 0 radical (unpaired) electrons. The molecule has 1 aliphatic heterocycles. The maximum absolute atomic E-state index is 13.9. The maximum Gasteiger partial charge on any atom is 0.165 e. The summed E-state index contributed by atoms with van der Waals surface area (Å²) < 4.78 is 25.2. The molecule has 2 N–H and O–H groups in total. The third kappa shape index (κ3) is 4.40. The Labute approximate surface area is 126 Å². The molecule has 0 saturated carbocycles. The van der Waals surface area contributed by atoms with Crippen molar-refractivity contribution in [2.24, 2.45) is 5.73 Å². The molecule has 5 heteroatoms. The van der Waals surface area contributed by atoms with Crippen LogP contribution in [0.4, 0.5) is 4.39 Å². The minimum Gasteiger partial charge on any atom is -0.488 e. The second kappa shape index (κ2) is 7.20. The van der Waals surface area contributed by atoms with Gasteiger partial charge in [-0.05, 0) is 38.5 Å². The van der Waals surface area contributed by atoms with E-state index in [0.29, 0.717) is 19.3 Å². The Balaban J connectivity index is 1.91. The number of halogens is 1. The molecule has 0 aliphatic carbocycles. The molecule has 0 amide bonds. The Bertz CT molecular complexity index is 466. The Morgan fingerprint density at radius 3 is 2.81 bits per heavy atom. The van der Waals surface area contributed by atoms with Crippen molar-refractivity contribution in [1.29, 1.82) is 0 Å². The normalized spacial score (nSPS) is 21.5. The van der Waals surface area contributed by atoms with Crippen LogP contribution in [0.2, 0.25) is 0 Å². The van der Waals surface area contributed by atoms with Gasteiger partial charge in [0, 0.05) is 25.2 Å². The van der Waals surface area contributed by atoms with Crippen molar-refractivity contribution < 1.29 is 13.9 Å². The van der Waals surface area contributed by atoms with Crippen molar-refractivity contribution in [3.05, 3.63) is 29.6 Å². The van der Waals surface area contributed by atoms with Crippen molar-refractivity contribution in [3.63, 3.8) is 0 Å². The van der Waals surface area contributed by atoms with Gasteiger partial charge in [0.15, 0.2) is 11.6 Å². The van der Waals surface area contributed by atoms with E-state index in [-0.39, 0.29) is 23.7 Å². The number of nitrogens with zero attached hydrogens (tertiary/aromatic N) is 1. The van der Waals surface area contributed by atoms with Gasteiger partial charge in [0.05, 0.1) is 6.61 Å². The van der Waals surface area contributed by atoms with E-state index in [4.69, 9.17) is 15.2 Å². The number of benzene rings is 1. The first-order chi connectivity index (χ1) is 9.97. The van der Waals surface area contributed by atoms with E-state index in [2.05, 4.69) is 18.7 Å². The fourth-order valence-electron chi connectivity index (χ4n) is 2.41. The smallest absolute Gasteiger partial charge is 0.165 e. The van der Waals surface area contributed by atoms with Crippen molar-refractivity contribution in [2.45, 2.75) is 39.0 Å². The van der Waals surface area contributed by atoms with Gasteiger partial charge >= 0.3 is 0 Å². The van der Waals surface area contributed by atoms with Crippen LogP contribution in [-0.2, 0) is 4.74 Å². The second-order valence-electron chi connectivity index (χ2n) is 5.87. The van der Waals surface area contributed by atoms with Crippen LogP contribution in [0.15, 0.2) is 18.2 Å². The lowest BCUT2D eigenvalue weighted by Crippen LogP contribution is -2.47. The fourth-order valence-corrected chi connectivity index (χ4v) is 2.41. The van der Waals surface area contributed by atoms with E-state index >= 15 is 0 Å². The third-order valence-electron chi connectivity index (χ3n) is 3.81. The quantitative estimate of drug-likeness (QED) is 0.906. The Morgan fingerprint density at radius 2 is 2.19 bits per heavy atom. The standard InChI is InChI=1S/C16H25FN2O2/c1-11(2)19-6-7-20-14(9-19)10-21-16-5-4-13(12(3)18)8-15(16)17/h4-5,8,11-12,14H,6-7,9-10,18H2,1-3H3/t12-,14?/m0/s1. The summed E-state index contributed by atoms with van der Waals surface area (Å²) in [7, 11) is 0. The predicted octanol–water partition coefficient (Wildman–Crippen LogP) is 2.33. The van der Waals surface area contributed by atoms with Crippen molar-refractivity contribution in [2.75, 3.05) is 26.3 Å². The van der Waals surface area contributed by atoms with Gasteiger partial charge in [-0.25, -0.2) is 4.39 Å². The molecule has 1 saturated heterocycles. The highest BCUT2D eigenvalue weighted by atomic mass is 19.1. The fraction of sp³-hybridized carbons (Fsp3) is 0.625. The molecule has 1 fully saturated rings. The predicted molar refractivity (Wildman–Crippen MR) is 80.9 cm³/mol. The lowest BCUT2D eigenvalue weighted by molar-refractivity contribution is -0.0568. The summed E-state index contributed by atoms with van der Waals surface area (Å²) in [6.07, 6.45) is -0.0198. The zero-order valence-electron chi connectivity index (χ0n) is 13.0. The first kappa shape index (κ1) is 16.2. The summed E-state index contributed by atoms with van der Waals surface area (Å²) in [6, 6.07) is 5.16. The number of rotatable bonds is 5. The van der Waals surface area contributed by atoms with Crippen LogP contribution < -0.4 is 10.5 Å². The van der Waals surface area contributed by atoms with Crippen molar-refractivity contribution >= 4 is 0 Å². The van der Waals surface area contributed by atoms with Gasteiger partial charge in [-0.3, -0.25) is 4.90 Å². The monoisotopic (exact) mass is 296 g/mol. The molecule has 0 aromatic heterocycles. The Hall–Kier alpha value is -1.17. The Kier molecular flexibility index (Phi) is 5.56. The van der Waals surface area contributed by atoms with E-state index in [9.17, 15) is 4.39 Å². The lowest BCUT2D eigenvalue weighted by atomic mass is 10.1. The molecule has 4 nitrogen and oxygen atoms in total. The van der Waals surface area contributed by atoms with Crippen LogP contribution >= 0.6 is 0 Å². The molecule has 1 heterocycles. The lowest BCUT2D eigenvalue weighted by Gasteiger charge is -2.35. The van der Waals surface area contributed by atoms with Crippen LogP contribution in [-0.4, -0.2) is 43.3 Å². The first-order valence-corrected chi connectivity index (χ1v) is 7.51. The molecule has 118 valence electrons. The van der Waals surface area contributed by atoms with Crippen LogP contribution in [0.3, 0.4) is 0 Å². The van der Waals surface area contributed by atoms with Gasteiger partial charge in [-0.1, -0.05) is 6.07 Å². The van der Waals surface area contributed by atoms with Crippen LogP contribution in [0.25, 0.3) is 0 Å². The summed E-state index contributed by atoms with van der Waals surface area (Å²) in [5.74, 6) is -0.119. The molecule has 0 bridgehead atoms. The van der Waals surface area contributed by atoms with Gasteiger partial charge in [0.1, 0.15) is 12.7 Å². The zero-order valence-corrected chi connectivity index (χ0v) is 13.0. The molecule has 1 aromatic carbocycles. The number of hydrogen-bond acceptors (Lipinski definition) is 4. The summed E-state index contributed by atoms with van der Waals surface area (Å²) in [5, 5.41) is 0. The molecule has 2 rings (SSSR count). The van der Waals surface area contributed by atoms with Gasteiger partial charge < -0.3 is 15.2 Å². The third-order valence-corrected chi connectivity index (χ3v) is 3.81. The molecule has 21 heavy (non-hydrogen) atoms. The topological polar surface area (TPSA) is 47.7 Å². The maximum atomic E-state index is 13.9. The molecule has 2 atom stereocenters. The number of morpholine rings is 1. The van der Waals surface area contributed by atoms with Gasteiger partial charge in [-0.2, -0.15) is 0 Å². The number of nitrogens with two attached hydrogens (primary N) is 1. The Morgan fingerprint density at radius 1 is 1.43 bits per heavy atom. The molecular weight excluding hydrogens is 271 g/mol. The summed E-state index contributed by atoms with van der Waals surface area (Å²) in [5.41, 5.74) is 6.50. The molecular formula is C16H25FN2O2. The van der Waals surface area contributed by atoms with Crippen molar-refractivity contribution in [1.82, 2.24) is 4.90 Å². The van der Waals surface area contributed by atoms with Crippen LogP contribution in [0.1, 0.15) is 32.4 Å². The average Bonchev–Trinajstić information content (AvgIpc) is 2.46. The number of hydrogen-bond donors (Lipinski definition) is 1. The SMILES string of the molecule is CC(C)N1CCOC(COc2ccc([C@H](C)N)cc2F)C1. The minimum atomic E-state index is -0.374. The van der Waals surface area contributed by atoms with E-state index in [1.54, 1.807) is 12.1 Å². The summed E-state index contributed by atoms with van der Waals surface area (Å²) in [6.45, 7) is 8.95. The van der Waals surface area contributed by atoms with E-state index in [0.717, 1.165) is 18.7 Å². The van der Waals surface area contributed by atoms with Gasteiger partial charge in [-0.15, -0.1) is 0 Å². The molecule has 1 aliphatic rings. The van der Waals surface area contributed by atoms with Crippen LogP contribution in [0, 0.1) is 5.82 Å². The minimum absolute atomic E-state index is 0.0198. The van der Waals surface area contributed by atoms with E-state index < -0.39 is 0 Å². The van der Waals surface area contributed by atoms with Gasteiger partial charge in [0.2, 0.25) is 0 Å². The summed E-state index contributed by atoms with van der Waals surface area (Å²) >= 11 is 0. The molecule has 0 spiro atoms. The van der Waals surface area contributed by atoms with E-state index in [1.165, 1.54) is 6.07 Å². The number of ether oxygens (including phenoxy) is 2. The zero-order chi connectivity index (χ0) is 15.4. The molecule has 1 aromatic rings. The van der Waals surface area contributed by atoms with Gasteiger partial charge in [0.25, 0.3) is 0 Å². The largest absolute Gasteiger partial charge is 0.488 e. The summed E-state index contributed by atoms with van der Waals surface area (Å²) in [4.78, 5) is 2.34. The highest BCUT2D eigenvalue weighted by Gasteiger charge is 2.23. The average molecular weight is 296 g/mol. The van der Waals surface area contributed by atoms with E-state index in [1.807, 2.05) is 6.92 Å². The first-order valence-electron chi connectivity index (χ1n) is 7.51. The van der Waals surface area contributed by atoms with Crippen molar-refractivity contribution in [3.8, 4) is 5.75 Å².